The van der Waals surface area contributed by atoms with E-state index in [1.807, 2.05) is 13.8 Å². The highest BCUT2D eigenvalue weighted by Crippen LogP contribution is 2.24. The predicted octanol–water partition coefficient (Wildman–Crippen LogP) is 3.09. The highest BCUT2D eigenvalue weighted by atomic mass is 19.1. The predicted molar refractivity (Wildman–Crippen MR) is 44.0 cm³/mol. The van der Waals surface area contributed by atoms with E-state index in [0.29, 0.717) is 0 Å². The fourth-order valence-electron chi connectivity index (χ4n) is 1.33. The maximum atomic E-state index is 11.9. The number of halogens is 1. The Hall–Kier alpha value is -0.400. The second kappa shape index (κ2) is 6.32. The van der Waals surface area contributed by atoms with Crippen LogP contribution in [0.3, 0.4) is 0 Å². The molecule has 11 heavy (non-hydrogen) atoms. The molecule has 0 unspecified atom stereocenters. The first-order valence-electron chi connectivity index (χ1n) is 4.50. The zero-order valence-corrected chi connectivity index (χ0v) is 7.40. The van der Waals surface area contributed by atoms with Gasteiger partial charge in [-0.2, -0.15) is 4.39 Å². The van der Waals surface area contributed by atoms with Gasteiger partial charge in [0.1, 0.15) is 0 Å². The molecule has 0 atom stereocenters. The number of carbonyl (C=O) groups is 1. The van der Waals surface area contributed by atoms with Crippen LogP contribution >= 0.6 is 0 Å². The molecule has 0 aromatic rings. The standard InChI is InChI=1S/C7H11FO.C2H6/c8-7(9)6-4-2-1-3-5-6;1-2/h6H,1-5H2;1-2H3. The Kier molecular flexibility index (Phi) is 6.09. The van der Waals surface area contributed by atoms with Crippen molar-refractivity contribution in [3.05, 3.63) is 0 Å². The van der Waals surface area contributed by atoms with E-state index in [0.717, 1.165) is 25.7 Å². The van der Waals surface area contributed by atoms with Crippen molar-refractivity contribution < 1.29 is 9.18 Å². The third-order valence-electron chi connectivity index (χ3n) is 1.93. The van der Waals surface area contributed by atoms with Crippen LogP contribution < -0.4 is 0 Å². The molecule has 1 saturated carbocycles. The first kappa shape index (κ1) is 10.6. The molecule has 0 N–H and O–H groups in total. The van der Waals surface area contributed by atoms with Crippen LogP contribution in [0.15, 0.2) is 0 Å². The maximum Gasteiger partial charge on any atom is 0.304 e. The van der Waals surface area contributed by atoms with E-state index in [1.165, 1.54) is 6.42 Å². The average molecular weight is 160 g/mol. The summed E-state index contributed by atoms with van der Waals surface area (Å²) in [5.41, 5.74) is 0. The maximum absolute atomic E-state index is 11.9. The zero-order chi connectivity index (χ0) is 8.69. The summed E-state index contributed by atoms with van der Waals surface area (Å²) < 4.78 is 11.9. The Morgan fingerprint density at radius 1 is 1.18 bits per heavy atom. The van der Waals surface area contributed by atoms with Gasteiger partial charge in [0.25, 0.3) is 0 Å². The minimum Gasteiger partial charge on any atom is -0.261 e. The summed E-state index contributed by atoms with van der Waals surface area (Å²) in [5, 5.41) is 0. The lowest BCUT2D eigenvalue weighted by Gasteiger charge is -2.15. The molecule has 1 nitrogen and oxygen atoms in total. The summed E-state index contributed by atoms with van der Waals surface area (Å²) in [6.07, 6.45) is 4.77. The van der Waals surface area contributed by atoms with Crippen molar-refractivity contribution in [1.82, 2.24) is 0 Å². The summed E-state index contributed by atoms with van der Waals surface area (Å²) >= 11 is 0. The number of rotatable bonds is 1. The van der Waals surface area contributed by atoms with Gasteiger partial charge in [-0.1, -0.05) is 33.1 Å². The third kappa shape index (κ3) is 4.12. The molecule has 0 bridgehead atoms. The Morgan fingerprint density at radius 2 is 1.64 bits per heavy atom. The van der Waals surface area contributed by atoms with Crippen molar-refractivity contribution in [3.63, 3.8) is 0 Å². The molecule has 0 heterocycles. The van der Waals surface area contributed by atoms with E-state index in [4.69, 9.17) is 0 Å². The van der Waals surface area contributed by atoms with Crippen LogP contribution in [0.5, 0.6) is 0 Å². The van der Waals surface area contributed by atoms with Crippen molar-refractivity contribution in [2.24, 2.45) is 5.92 Å². The molecular formula is C9H17FO. The highest BCUT2D eigenvalue weighted by Gasteiger charge is 2.19. The third-order valence-corrected chi connectivity index (χ3v) is 1.93. The fourth-order valence-corrected chi connectivity index (χ4v) is 1.33. The minimum absolute atomic E-state index is 0.251. The SMILES string of the molecule is CC.O=C(F)C1CCCCC1. The molecule has 1 fully saturated rings. The molecule has 0 amide bonds. The lowest BCUT2D eigenvalue weighted by Crippen LogP contribution is -2.12. The molecule has 2 heteroatoms. The van der Waals surface area contributed by atoms with Crippen molar-refractivity contribution in [2.45, 2.75) is 46.0 Å². The average Bonchev–Trinajstić information content (AvgIpc) is 2.10. The van der Waals surface area contributed by atoms with Crippen LogP contribution in [0.4, 0.5) is 4.39 Å². The monoisotopic (exact) mass is 160 g/mol. The van der Waals surface area contributed by atoms with E-state index in [9.17, 15) is 9.18 Å². The Morgan fingerprint density at radius 3 is 1.91 bits per heavy atom. The quantitative estimate of drug-likeness (QED) is 0.539. The van der Waals surface area contributed by atoms with Crippen LogP contribution in [0.1, 0.15) is 46.0 Å². The molecule has 1 aliphatic rings. The second-order valence-corrected chi connectivity index (χ2v) is 2.64. The number of carbonyl (C=O) groups excluding carboxylic acids is 1. The van der Waals surface area contributed by atoms with Crippen molar-refractivity contribution in [1.29, 1.82) is 0 Å². The molecule has 0 aromatic heterocycles. The van der Waals surface area contributed by atoms with E-state index in [-0.39, 0.29) is 5.92 Å². The summed E-state index contributed by atoms with van der Waals surface area (Å²) in [7, 11) is 0. The van der Waals surface area contributed by atoms with E-state index < -0.39 is 6.04 Å². The van der Waals surface area contributed by atoms with Gasteiger partial charge in [0.05, 0.1) is 0 Å². The Bertz CT molecular complexity index is 106. The molecule has 1 rings (SSSR count). The van der Waals surface area contributed by atoms with Gasteiger partial charge in [-0.15, -0.1) is 0 Å². The van der Waals surface area contributed by atoms with Crippen molar-refractivity contribution >= 4 is 6.04 Å². The van der Waals surface area contributed by atoms with Gasteiger partial charge in [0.15, 0.2) is 0 Å². The van der Waals surface area contributed by atoms with Crippen LogP contribution in [0.2, 0.25) is 0 Å². The fraction of sp³-hybridized carbons (Fsp3) is 0.889. The Labute approximate surface area is 68.0 Å². The second-order valence-electron chi connectivity index (χ2n) is 2.64. The molecule has 1 aliphatic carbocycles. The van der Waals surface area contributed by atoms with Crippen LogP contribution in [0.25, 0.3) is 0 Å². The van der Waals surface area contributed by atoms with Gasteiger partial charge in [-0.25, -0.2) is 0 Å². The van der Waals surface area contributed by atoms with Crippen LogP contribution in [-0.2, 0) is 4.79 Å². The Balaban J connectivity index is 0.000000461. The summed E-state index contributed by atoms with van der Waals surface area (Å²) in [5.74, 6) is -0.251. The zero-order valence-electron chi connectivity index (χ0n) is 7.40. The van der Waals surface area contributed by atoms with Crippen LogP contribution in [-0.4, -0.2) is 6.04 Å². The van der Waals surface area contributed by atoms with E-state index in [2.05, 4.69) is 0 Å². The van der Waals surface area contributed by atoms with Gasteiger partial charge in [0.2, 0.25) is 0 Å². The van der Waals surface area contributed by atoms with Gasteiger partial charge >= 0.3 is 6.04 Å². The lowest BCUT2D eigenvalue weighted by atomic mass is 9.90. The summed E-state index contributed by atoms with van der Waals surface area (Å²) in [6.45, 7) is 4.00. The van der Waals surface area contributed by atoms with Crippen LogP contribution in [0, 0.1) is 5.92 Å². The van der Waals surface area contributed by atoms with E-state index in [1.54, 1.807) is 0 Å². The first-order chi connectivity index (χ1) is 5.30. The van der Waals surface area contributed by atoms with Gasteiger partial charge in [-0.05, 0) is 12.8 Å². The molecular weight excluding hydrogens is 143 g/mol. The molecule has 0 saturated heterocycles. The topological polar surface area (TPSA) is 17.1 Å². The number of hydrogen-bond donors (Lipinski definition) is 0. The van der Waals surface area contributed by atoms with Crippen molar-refractivity contribution in [2.75, 3.05) is 0 Å². The highest BCUT2D eigenvalue weighted by molar-refractivity contribution is 5.70. The van der Waals surface area contributed by atoms with E-state index >= 15 is 0 Å². The molecule has 0 aromatic carbocycles. The van der Waals surface area contributed by atoms with Gasteiger partial charge < -0.3 is 0 Å². The lowest BCUT2D eigenvalue weighted by molar-refractivity contribution is -0.134. The minimum atomic E-state index is -1.10. The smallest absolute Gasteiger partial charge is 0.261 e. The first-order valence-corrected chi connectivity index (χ1v) is 4.50. The van der Waals surface area contributed by atoms with Gasteiger partial charge in [-0.3, -0.25) is 4.79 Å². The molecule has 0 spiro atoms. The summed E-state index contributed by atoms with van der Waals surface area (Å²) in [4.78, 5) is 10.1. The largest absolute Gasteiger partial charge is 0.304 e. The normalized spacial score (nSPS) is 18.5. The van der Waals surface area contributed by atoms with Gasteiger partial charge in [0, 0.05) is 5.92 Å². The van der Waals surface area contributed by atoms with Crippen molar-refractivity contribution in [3.8, 4) is 0 Å². The molecule has 0 radical (unpaired) electrons. The number of hydrogen-bond acceptors (Lipinski definition) is 1. The molecule has 0 aliphatic heterocycles. The molecule has 66 valence electrons. The summed E-state index contributed by atoms with van der Waals surface area (Å²) in [6, 6.07) is -1.10.